The van der Waals surface area contributed by atoms with Gasteiger partial charge in [-0.15, -0.1) is 13.1 Å². The van der Waals surface area contributed by atoms with Crippen molar-refractivity contribution >= 4 is 23.1 Å². The monoisotopic (exact) mass is 699 g/mol. The number of aromatic amines is 1. The number of halogens is 1. The van der Waals surface area contributed by atoms with Crippen molar-refractivity contribution < 1.29 is 45.0 Å². The number of carbonyl (C=O) groups excluding carboxylic acids is 1. The van der Waals surface area contributed by atoms with Gasteiger partial charge in [0.2, 0.25) is 5.95 Å². The molecule has 178 valence electrons. The van der Waals surface area contributed by atoms with Gasteiger partial charge in [-0.25, -0.2) is 24.1 Å². The van der Waals surface area contributed by atoms with Gasteiger partial charge >= 0.3 is 37.2 Å². The number of H-pyrrole nitrogens is 1. The molecule has 0 unspecified atom stereocenters. The predicted molar refractivity (Wildman–Crippen MR) is 127 cm³/mol. The van der Waals surface area contributed by atoms with Crippen LogP contribution in [0.1, 0.15) is 12.7 Å². The van der Waals surface area contributed by atoms with Gasteiger partial charge in [-0.1, -0.05) is 0 Å². The largest absolute Gasteiger partial charge is 2.00 e. The van der Waals surface area contributed by atoms with Crippen LogP contribution in [-0.2, 0) is 11.3 Å². The third-order valence-corrected chi connectivity index (χ3v) is 5.13. The van der Waals surface area contributed by atoms with Gasteiger partial charge in [0.05, 0.1) is 18.7 Å². The van der Waals surface area contributed by atoms with E-state index in [1.807, 2.05) is 11.0 Å². The van der Waals surface area contributed by atoms with E-state index in [2.05, 4.69) is 44.1 Å². The van der Waals surface area contributed by atoms with Crippen molar-refractivity contribution in [2.24, 2.45) is 0 Å². The van der Waals surface area contributed by atoms with Crippen LogP contribution in [0.25, 0.3) is 33.4 Å². The summed E-state index contributed by atoms with van der Waals surface area (Å²) in [6, 6.07) is 6.46. The number of nitrogens with zero attached hydrogens (tertiary/aromatic N) is 5. The first-order chi connectivity index (χ1) is 16.5. The number of aromatic nitrogens is 5. The molecule has 0 saturated carbocycles. The molecule has 0 spiro atoms. The van der Waals surface area contributed by atoms with E-state index in [9.17, 15) is 9.18 Å². The average molecular weight is 700 g/mol. The van der Waals surface area contributed by atoms with E-state index in [0.29, 0.717) is 42.1 Å². The Morgan fingerprint density at radius 2 is 1.91 bits per heavy atom. The van der Waals surface area contributed by atoms with Crippen LogP contribution in [0.5, 0.6) is 0 Å². The van der Waals surface area contributed by atoms with Crippen LogP contribution in [0.2, 0.25) is 0 Å². The van der Waals surface area contributed by atoms with Gasteiger partial charge in [0.25, 0.3) is 0 Å². The molecule has 11 heteroatoms. The standard InChI is InChI=1S/C24H24FN7O2.U/c1-4-32(5-2)14-20-27-12-16(13-28-20)15-10-17(21-18(25)8-7-9-26-21)22-19(11-15)29-23(30-22)31-24(33)34-6-3;/h7-13H,1-2,4-6,14H2,3H3,(H2,29,30,31,33);/q-2;+2. The maximum Gasteiger partial charge on any atom is 2.00 e. The molecule has 9 nitrogen and oxygen atoms in total. The Labute approximate surface area is 226 Å². The summed E-state index contributed by atoms with van der Waals surface area (Å²) in [6.45, 7) is 11.4. The Bertz CT molecular complexity index is 1290. The minimum atomic E-state index is -0.644. The fraction of sp³-hybridized carbons (Fsp3) is 0.208. The van der Waals surface area contributed by atoms with Crippen molar-refractivity contribution in [1.29, 1.82) is 0 Å². The molecule has 0 atom stereocenters. The maximum atomic E-state index is 14.7. The van der Waals surface area contributed by atoms with E-state index in [1.165, 1.54) is 18.3 Å². The Morgan fingerprint density at radius 3 is 2.57 bits per heavy atom. The molecule has 0 aliphatic rings. The summed E-state index contributed by atoms with van der Waals surface area (Å²) in [5.41, 5.74) is 3.09. The van der Waals surface area contributed by atoms with Crippen molar-refractivity contribution in [2.75, 3.05) is 25.0 Å². The molecule has 4 rings (SSSR count). The van der Waals surface area contributed by atoms with E-state index in [1.54, 1.807) is 25.4 Å². The summed E-state index contributed by atoms with van der Waals surface area (Å²) >= 11 is 0. The minimum Gasteiger partial charge on any atom is -0.450 e. The van der Waals surface area contributed by atoms with Crippen LogP contribution < -0.4 is 5.32 Å². The van der Waals surface area contributed by atoms with Gasteiger partial charge in [-0.05, 0) is 36.8 Å². The minimum absolute atomic E-state index is 0. The van der Waals surface area contributed by atoms with Crippen molar-refractivity contribution in [3.05, 3.63) is 68.3 Å². The second-order valence-electron chi connectivity index (χ2n) is 7.35. The molecule has 0 aliphatic heterocycles. The molecular formula is C24H24FN7O2U. The number of nitrogens with one attached hydrogen (secondary N) is 2. The Hall–Kier alpha value is -2.87. The van der Waals surface area contributed by atoms with Gasteiger partial charge in [-0.2, -0.15) is 0 Å². The van der Waals surface area contributed by atoms with Crippen LogP contribution >= 0.6 is 0 Å². The summed E-state index contributed by atoms with van der Waals surface area (Å²) < 4.78 is 19.6. The molecule has 0 aliphatic carbocycles. The smallest absolute Gasteiger partial charge is 0.450 e. The number of ether oxygens (including phenoxy) is 1. The van der Waals surface area contributed by atoms with Gasteiger partial charge < -0.3 is 28.5 Å². The maximum absolute atomic E-state index is 14.7. The normalized spacial score (nSPS) is 10.9. The summed E-state index contributed by atoms with van der Waals surface area (Å²) in [5.74, 6) is 0.337. The zero-order valence-electron chi connectivity index (χ0n) is 19.2. The first-order valence-corrected chi connectivity index (χ1v) is 10.7. The molecule has 2 N–H and O–H groups in total. The third kappa shape index (κ3) is 6.23. The molecule has 3 heterocycles. The van der Waals surface area contributed by atoms with E-state index in [4.69, 9.17) is 4.74 Å². The number of anilines is 1. The number of fused-ring (bicyclic) bond motifs is 1. The first kappa shape index (κ1) is 26.7. The summed E-state index contributed by atoms with van der Waals surface area (Å²) in [6.07, 6.45) is 4.28. The number of imidazole rings is 1. The van der Waals surface area contributed by atoms with Crippen molar-refractivity contribution in [1.82, 2.24) is 29.8 Å². The SMILES string of the molecule is [CH2-]CN(C[CH2-])Cc1ncc(-c2cc(-c3ncccc3F)c3nc(NC(=O)OCC)[nH]c3c2)cn1.[U+2]. The molecular weight excluding hydrogens is 675 g/mol. The molecule has 35 heavy (non-hydrogen) atoms. The van der Waals surface area contributed by atoms with E-state index >= 15 is 0 Å². The first-order valence-electron chi connectivity index (χ1n) is 10.7. The zero-order valence-corrected chi connectivity index (χ0v) is 23.4. The summed E-state index contributed by atoms with van der Waals surface area (Å²) in [5, 5.41) is 2.54. The molecule has 1 aromatic carbocycles. The molecule has 0 bridgehead atoms. The second kappa shape index (κ2) is 12.2. The van der Waals surface area contributed by atoms with Crippen LogP contribution in [0.4, 0.5) is 15.1 Å². The second-order valence-corrected chi connectivity index (χ2v) is 7.35. The fourth-order valence-electron chi connectivity index (χ4n) is 3.43. The average Bonchev–Trinajstić information content (AvgIpc) is 3.25. The van der Waals surface area contributed by atoms with Gasteiger partial charge in [0, 0.05) is 29.7 Å². The van der Waals surface area contributed by atoms with E-state index in [-0.39, 0.29) is 49.4 Å². The fourth-order valence-corrected chi connectivity index (χ4v) is 3.43. The topological polar surface area (TPSA) is 109 Å². The number of hydrogen-bond donors (Lipinski definition) is 2. The number of benzene rings is 1. The van der Waals surface area contributed by atoms with Crippen LogP contribution in [0.15, 0.2) is 42.9 Å². The molecule has 4 aromatic rings. The van der Waals surface area contributed by atoms with Gasteiger partial charge in [0.15, 0.2) is 0 Å². The van der Waals surface area contributed by atoms with E-state index in [0.717, 1.165) is 11.1 Å². The number of amides is 1. The zero-order chi connectivity index (χ0) is 24.1. The number of rotatable bonds is 8. The molecule has 3 aromatic heterocycles. The molecule has 1 amide bonds. The van der Waals surface area contributed by atoms with Crippen LogP contribution in [0.3, 0.4) is 0 Å². The van der Waals surface area contributed by atoms with Crippen molar-refractivity contribution in [3.8, 4) is 22.4 Å². The van der Waals surface area contributed by atoms with Crippen molar-refractivity contribution in [2.45, 2.75) is 13.5 Å². The number of hydrogen-bond acceptors (Lipinski definition) is 7. The van der Waals surface area contributed by atoms with E-state index < -0.39 is 11.9 Å². The summed E-state index contributed by atoms with van der Waals surface area (Å²) in [7, 11) is 0. The molecule has 0 fully saturated rings. The van der Waals surface area contributed by atoms with Crippen LogP contribution in [-0.4, -0.2) is 55.6 Å². The predicted octanol–water partition coefficient (Wildman–Crippen LogP) is 4.26. The molecule has 0 radical (unpaired) electrons. The quantitative estimate of drug-likeness (QED) is 0.265. The Kier molecular flexibility index (Phi) is 9.32. The summed E-state index contributed by atoms with van der Waals surface area (Å²) in [4.78, 5) is 34.4. The molecule has 0 saturated heterocycles. The Morgan fingerprint density at radius 1 is 1.17 bits per heavy atom. The van der Waals surface area contributed by atoms with Crippen LogP contribution in [0, 0.1) is 50.8 Å². The third-order valence-electron chi connectivity index (χ3n) is 5.13. The number of pyridine rings is 1. The van der Waals surface area contributed by atoms with Crippen molar-refractivity contribution in [3.63, 3.8) is 0 Å². The Balaban J connectivity index is 0.00000342. The van der Waals surface area contributed by atoms with Gasteiger partial charge in [-0.3, -0.25) is 10.3 Å². The van der Waals surface area contributed by atoms with Gasteiger partial charge in [0.1, 0.15) is 22.9 Å². The number of carbonyl (C=O) groups is 1.